The minimum atomic E-state index is 0.566. The lowest BCUT2D eigenvalue weighted by Gasteiger charge is -2.23. The molecule has 1 saturated heterocycles. The Hall–Kier alpha value is -2.11. The molecule has 0 bridgehead atoms. The van der Waals surface area contributed by atoms with Crippen molar-refractivity contribution >= 4 is 11.6 Å². The molecular weight excluding hydrogens is 334 g/mol. The van der Waals surface area contributed by atoms with E-state index < -0.39 is 0 Å². The van der Waals surface area contributed by atoms with Crippen molar-refractivity contribution < 1.29 is 0 Å². The number of nitrogens with zero attached hydrogens (tertiary/aromatic N) is 5. The SMILES string of the molecule is Cn1nccc1C[C@H]1CCCN1Cc1ccn(-c2ccc(Cl)cc2)n1. The van der Waals surface area contributed by atoms with E-state index in [2.05, 4.69) is 22.1 Å². The summed E-state index contributed by atoms with van der Waals surface area (Å²) in [4.78, 5) is 2.54. The third kappa shape index (κ3) is 3.62. The maximum Gasteiger partial charge on any atom is 0.0769 e. The summed E-state index contributed by atoms with van der Waals surface area (Å²) in [5, 5.41) is 9.76. The van der Waals surface area contributed by atoms with Gasteiger partial charge in [0.05, 0.1) is 11.4 Å². The van der Waals surface area contributed by atoms with Gasteiger partial charge in [0.15, 0.2) is 0 Å². The first kappa shape index (κ1) is 16.4. The highest BCUT2D eigenvalue weighted by Gasteiger charge is 2.26. The van der Waals surface area contributed by atoms with E-state index >= 15 is 0 Å². The molecule has 130 valence electrons. The van der Waals surface area contributed by atoms with Gasteiger partial charge in [-0.2, -0.15) is 10.2 Å². The molecule has 3 heterocycles. The summed E-state index contributed by atoms with van der Waals surface area (Å²) < 4.78 is 3.89. The molecule has 0 radical (unpaired) electrons. The van der Waals surface area contributed by atoms with Crippen LogP contribution in [0.2, 0.25) is 5.02 Å². The molecule has 0 saturated carbocycles. The Labute approximate surface area is 152 Å². The quantitative estimate of drug-likeness (QED) is 0.703. The van der Waals surface area contributed by atoms with Crippen molar-refractivity contribution in [3.8, 4) is 5.69 Å². The van der Waals surface area contributed by atoms with Crippen LogP contribution in [0.4, 0.5) is 0 Å². The second-order valence-corrected chi connectivity index (χ2v) is 7.08. The molecule has 1 fully saturated rings. The summed E-state index contributed by atoms with van der Waals surface area (Å²) in [5.74, 6) is 0. The molecule has 5 nitrogen and oxygen atoms in total. The van der Waals surface area contributed by atoms with Gasteiger partial charge in [0, 0.05) is 49.2 Å². The molecule has 0 aliphatic carbocycles. The van der Waals surface area contributed by atoms with Gasteiger partial charge in [-0.05, 0) is 55.8 Å². The first-order valence-electron chi connectivity index (χ1n) is 8.70. The van der Waals surface area contributed by atoms with Crippen LogP contribution >= 0.6 is 11.6 Å². The van der Waals surface area contributed by atoms with Crippen LogP contribution in [-0.4, -0.2) is 37.0 Å². The van der Waals surface area contributed by atoms with E-state index in [0.29, 0.717) is 6.04 Å². The lowest BCUT2D eigenvalue weighted by Crippen LogP contribution is -2.31. The van der Waals surface area contributed by atoms with Gasteiger partial charge >= 0.3 is 0 Å². The van der Waals surface area contributed by atoms with E-state index in [-0.39, 0.29) is 0 Å². The van der Waals surface area contributed by atoms with Gasteiger partial charge in [-0.15, -0.1) is 0 Å². The molecule has 3 aromatic rings. The molecule has 0 spiro atoms. The summed E-state index contributed by atoms with van der Waals surface area (Å²) in [5.41, 5.74) is 3.43. The number of rotatable bonds is 5. The van der Waals surface area contributed by atoms with Crippen LogP contribution in [0.5, 0.6) is 0 Å². The summed E-state index contributed by atoms with van der Waals surface area (Å²) in [7, 11) is 2.02. The molecule has 1 aliphatic rings. The van der Waals surface area contributed by atoms with E-state index in [1.54, 1.807) is 0 Å². The highest BCUT2D eigenvalue weighted by atomic mass is 35.5. The number of halogens is 1. The summed E-state index contributed by atoms with van der Waals surface area (Å²) in [6, 6.07) is 12.5. The van der Waals surface area contributed by atoms with Crippen molar-refractivity contribution in [1.29, 1.82) is 0 Å². The van der Waals surface area contributed by atoms with E-state index in [9.17, 15) is 0 Å². The number of aromatic nitrogens is 4. The summed E-state index contributed by atoms with van der Waals surface area (Å²) in [6.45, 7) is 2.03. The van der Waals surface area contributed by atoms with Crippen molar-refractivity contribution in [2.24, 2.45) is 7.05 Å². The maximum atomic E-state index is 5.96. The van der Waals surface area contributed by atoms with Crippen molar-refractivity contribution in [2.75, 3.05) is 6.54 Å². The van der Waals surface area contributed by atoms with E-state index in [0.717, 1.165) is 35.9 Å². The smallest absolute Gasteiger partial charge is 0.0769 e. The maximum absolute atomic E-state index is 5.96. The van der Waals surface area contributed by atoms with Crippen LogP contribution in [-0.2, 0) is 20.0 Å². The lowest BCUT2D eigenvalue weighted by molar-refractivity contribution is 0.238. The van der Waals surface area contributed by atoms with Gasteiger partial charge in [0.2, 0.25) is 0 Å². The number of hydrogen-bond acceptors (Lipinski definition) is 3. The fourth-order valence-electron chi connectivity index (χ4n) is 3.57. The number of aryl methyl sites for hydroxylation is 1. The standard InChI is InChI=1S/C19H22ClN5/c1-23-18(8-10-21-23)13-19-3-2-11-24(19)14-16-9-12-25(22-16)17-6-4-15(20)5-7-17/h4-10,12,19H,2-3,11,13-14H2,1H3/t19-/m1/s1. The third-order valence-electron chi connectivity index (χ3n) is 4.97. The number of benzene rings is 1. The van der Waals surface area contributed by atoms with Gasteiger partial charge in [-0.1, -0.05) is 11.6 Å². The van der Waals surface area contributed by atoms with E-state index in [4.69, 9.17) is 16.7 Å². The minimum absolute atomic E-state index is 0.566. The molecule has 0 N–H and O–H groups in total. The van der Waals surface area contributed by atoms with Crippen molar-refractivity contribution in [1.82, 2.24) is 24.5 Å². The van der Waals surface area contributed by atoms with Crippen LogP contribution in [0.3, 0.4) is 0 Å². The minimum Gasteiger partial charge on any atom is -0.294 e. The Balaban J connectivity index is 1.44. The molecule has 1 atom stereocenters. The van der Waals surface area contributed by atoms with Gasteiger partial charge in [-0.3, -0.25) is 9.58 Å². The molecule has 4 rings (SSSR count). The summed E-state index contributed by atoms with van der Waals surface area (Å²) in [6.07, 6.45) is 7.44. The van der Waals surface area contributed by atoms with Gasteiger partial charge in [0.1, 0.15) is 0 Å². The molecular formula is C19H22ClN5. The lowest BCUT2D eigenvalue weighted by atomic mass is 10.1. The molecule has 1 aromatic carbocycles. The predicted molar refractivity (Wildman–Crippen MR) is 98.9 cm³/mol. The largest absolute Gasteiger partial charge is 0.294 e. The molecule has 6 heteroatoms. The van der Waals surface area contributed by atoms with Crippen LogP contribution in [0, 0.1) is 0 Å². The van der Waals surface area contributed by atoms with Crippen molar-refractivity contribution in [3.63, 3.8) is 0 Å². The van der Waals surface area contributed by atoms with Gasteiger partial charge in [0.25, 0.3) is 0 Å². The average Bonchev–Trinajstić information content (AvgIpc) is 3.33. The van der Waals surface area contributed by atoms with Crippen LogP contribution in [0.25, 0.3) is 5.69 Å². The number of likely N-dealkylation sites (tertiary alicyclic amines) is 1. The topological polar surface area (TPSA) is 38.9 Å². The van der Waals surface area contributed by atoms with Crippen LogP contribution in [0.1, 0.15) is 24.2 Å². The van der Waals surface area contributed by atoms with Crippen molar-refractivity contribution in [2.45, 2.75) is 31.8 Å². The van der Waals surface area contributed by atoms with Gasteiger partial charge in [-0.25, -0.2) is 4.68 Å². The molecule has 2 aromatic heterocycles. The zero-order chi connectivity index (χ0) is 17.2. The zero-order valence-electron chi connectivity index (χ0n) is 14.3. The normalized spacial score (nSPS) is 18.1. The Kier molecular flexibility index (Phi) is 4.59. The van der Waals surface area contributed by atoms with Crippen LogP contribution < -0.4 is 0 Å². The Morgan fingerprint density at radius 2 is 2.00 bits per heavy atom. The highest BCUT2D eigenvalue weighted by Crippen LogP contribution is 2.23. The fourth-order valence-corrected chi connectivity index (χ4v) is 3.70. The molecule has 0 unspecified atom stereocenters. The molecule has 1 aliphatic heterocycles. The third-order valence-corrected chi connectivity index (χ3v) is 5.22. The second-order valence-electron chi connectivity index (χ2n) is 6.64. The molecule has 25 heavy (non-hydrogen) atoms. The first-order chi connectivity index (χ1) is 12.2. The van der Waals surface area contributed by atoms with E-state index in [1.165, 1.54) is 18.5 Å². The monoisotopic (exact) mass is 355 g/mol. The summed E-state index contributed by atoms with van der Waals surface area (Å²) >= 11 is 5.96. The average molecular weight is 356 g/mol. The predicted octanol–water partition coefficient (Wildman–Crippen LogP) is 3.47. The zero-order valence-corrected chi connectivity index (χ0v) is 15.1. The Morgan fingerprint density at radius 1 is 1.16 bits per heavy atom. The van der Waals surface area contributed by atoms with E-state index in [1.807, 2.05) is 53.1 Å². The second kappa shape index (κ2) is 7.02. The highest BCUT2D eigenvalue weighted by molar-refractivity contribution is 6.30. The first-order valence-corrected chi connectivity index (χ1v) is 9.08. The van der Waals surface area contributed by atoms with Gasteiger partial charge < -0.3 is 0 Å². The fraction of sp³-hybridized carbons (Fsp3) is 0.368. The van der Waals surface area contributed by atoms with Crippen molar-refractivity contribution in [3.05, 3.63) is 65.2 Å². The Bertz CT molecular complexity index is 836. The molecule has 0 amide bonds. The Morgan fingerprint density at radius 3 is 2.76 bits per heavy atom. The van der Waals surface area contributed by atoms with Crippen LogP contribution in [0.15, 0.2) is 48.8 Å². The number of hydrogen-bond donors (Lipinski definition) is 0.